The lowest BCUT2D eigenvalue weighted by Gasteiger charge is -2.08. The van der Waals surface area contributed by atoms with Crippen molar-refractivity contribution in [2.75, 3.05) is 10.6 Å². The van der Waals surface area contributed by atoms with Crippen LogP contribution in [-0.4, -0.2) is 20.9 Å². The minimum atomic E-state index is -0.236. The molecule has 6 heteroatoms. The van der Waals surface area contributed by atoms with Gasteiger partial charge >= 0.3 is 0 Å². The van der Waals surface area contributed by atoms with E-state index in [0.717, 1.165) is 16.9 Å². The number of para-hydroxylation sites is 1. The van der Waals surface area contributed by atoms with Crippen LogP contribution in [0.3, 0.4) is 0 Å². The summed E-state index contributed by atoms with van der Waals surface area (Å²) in [6.45, 7) is 2.46. The zero-order chi connectivity index (χ0) is 16.8. The van der Waals surface area contributed by atoms with Gasteiger partial charge in [-0.3, -0.25) is 9.78 Å². The second-order valence-corrected chi connectivity index (χ2v) is 5.24. The smallest absolute Gasteiger partial charge is 0.258 e. The van der Waals surface area contributed by atoms with E-state index in [1.54, 1.807) is 6.20 Å². The average Bonchev–Trinajstić information content (AvgIpc) is 2.63. The van der Waals surface area contributed by atoms with E-state index in [4.69, 9.17) is 0 Å². The summed E-state index contributed by atoms with van der Waals surface area (Å²) in [6, 6.07) is 13.3. The van der Waals surface area contributed by atoms with Gasteiger partial charge in [-0.1, -0.05) is 24.3 Å². The van der Waals surface area contributed by atoms with E-state index in [0.29, 0.717) is 18.1 Å². The molecule has 2 N–H and O–H groups in total. The first-order chi connectivity index (χ1) is 11.7. The van der Waals surface area contributed by atoms with Crippen molar-refractivity contribution in [3.05, 3.63) is 77.9 Å². The van der Waals surface area contributed by atoms with E-state index in [9.17, 15) is 4.79 Å². The van der Waals surface area contributed by atoms with Crippen molar-refractivity contribution in [1.82, 2.24) is 15.0 Å². The summed E-state index contributed by atoms with van der Waals surface area (Å²) in [5.41, 5.74) is 3.07. The fraction of sp³-hybridized carbons (Fsp3) is 0.111. The fourth-order valence-corrected chi connectivity index (χ4v) is 2.12. The topological polar surface area (TPSA) is 79.8 Å². The van der Waals surface area contributed by atoms with Crippen LogP contribution in [-0.2, 0) is 6.54 Å². The SMILES string of the molecule is Cc1ccccc1NC(=O)c1cnc(NCc2ccccn2)nc1. The molecule has 0 atom stereocenters. The second kappa shape index (κ2) is 7.32. The number of carbonyl (C=O) groups is 1. The van der Waals surface area contributed by atoms with Crippen LogP contribution < -0.4 is 10.6 Å². The van der Waals surface area contributed by atoms with Crippen molar-refractivity contribution < 1.29 is 4.79 Å². The molecule has 2 aromatic heterocycles. The maximum atomic E-state index is 12.2. The lowest BCUT2D eigenvalue weighted by Crippen LogP contribution is -2.14. The molecule has 0 aliphatic carbocycles. The summed E-state index contributed by atoms with van der Waals surface area (Å²) in [4.78, 5) is 24.8. The van der Waals surface area contributed by atoms with E-state index in [1.807, 2.05) is 49.4 Å². The molecular formula is C18H17N5O. The summed E-state index contributed by atoms with van der Waals surface area (Å²) in [5, 5.41) is 5.92. The molecule has 0 saturated carbocycles. The number of nitrogens with zero attached hydrogens (tertiary/aromatic N) is 3. The molecule has 0 aliphatic rings. The normalized spacial score (nSPS) is 10.2. The van der Waals surface area contributed by atoms with E-state index >= 15 is 0 Å². The zero-order valence-corrected chi connectivity index (χ0v) is 13.2. The van der Waals surface area contributed by atoms with Gasteiger partial charge in [-0.25, -0.2) is 9.97 Å². The Hall–Kier alpha value is -3.28. The van der Waals surface area contributed by atoms with Crippen molar-refractivity contribution in [3.63, 3.8) is 0 Å². The molecule has 3 aromatic rings. The maximum Gasteiger partial charge on any atom is 0.258 e. The minimum absolute atomic E-state index is 0.236. The third-order valence-electron chi connectivity index (χ3n) is 3.46. The van der Waals surface area contributed by atoms with Crippen molar-refractivity contribution in [3.8, 4) is 0 Å². The highest BCUT2D eigenvalue weighted by Crippen LogP contribution is 2.14. The first-order valence-electron chi connectivity index (χ1n) is 7.55. The molecule has 24 heavy (non-hydrogen) atoms. The molecule has 0 spiro atoms. The van der Waals surface area contributed by atoms with Crippen LogP contribution in [0.15, 0.2) is 61.1 Å². The molecule has 0 aliphatic heterocycles. The van der Waals surface area contributed by atoms with Crippen molar-refractivity contribution >= 4 is 17.5 Å². The third-order valence-corrected chi connectivity index (χ3v) is 3.46. The predicted octanol–water partition coefficient (Wildman–Crippen LogP) is 3.04. The van der Waals surface area contributed by atoms with Crippen molar-refractivity contribution in [2.24, 2.45) is 0 Å². The average molecular weight is 319 g/mol. The number of benzene rings is 1. The first-order valence-corrected chi connectivity index (χ1v) is 7.55. The van der Waals surface area contributed by atoms with Crippen LogP contribution in [0.1, 0.15) is 21.6 Å². The van der Waals surface area contributed by atoms with Crippen LogP contribution >= 0.6 is 0 Å². The van der Waals surface area contributed by atoms with Crippen molar-refractivity contribution in [1.29, 1.82) is 0 Å². The Morgan fingerprint density at radius 1 is 1.00 bits per heavy atom. The molecule has 0 radical (unpaired) electrons. The number of pyridine rings is 1. The third kappa shape index (κ3) is 3.92. The fourth-order valence-electron chi connectivity index (χ4n) is 2.12. The second-order valence-electron chi connectivity index (χ2n) is 5.24. The summed E-state index contributed by atoms with van der Waals surface area (Å²) in [7, 11) is 0. The Balaban J connectivity index is 1.61. The van der Waals surface area contributed by atoms with Crippen LogP contribution in [0, 0.1) is 6.92 Å². The number of hydrogen-bond donors (Lipinski definition) is 2. The van der Waals surface area contributed by atoms with E-state index in [-0.39, 0.29) is 5.91 Å². The van der Waals surface area contributed by atoms with Crippen LogP contribution in [0.25, 0.3) is 0 Å². The Bertz CT molecular complexity index is 818. The van der Waals surface area contributed by atoms with Gasteiger partial charge in [0.15, 0.2) is 0 Å². The van der Waals surface area contributed by atoms with Gasteiger partial charge in [0.1, 0.15) is 0 Å². The molecule has 2 heterocycles. The summed E-state index contributed by atoms with van der Waals surface area (Å²) in [5.74, 6) is 0.216. The monoisotopic (exact) mass is 319 g/mol. The van der Waals surface area contributed by atoms with E-state index < -0.39 is 0 Å². The molecule has 6 nitrogen and oxygen atoms in total. The van der Waals surface area contributed by atoms with Gasteiger partial charge < -0.3 is 10.6 Å². The minimum Gasteiger partial charge on any atom is -0.349 e. The summed E-state index contributed by atoms with van der Waals surface area (Å²) < 4.78 is 0. The quantitative estimate of drug-likeness (QED) is 0.755. The zero-order valence-electron chi connectivity index (χ0n) is 13.2. The number of aryl methyl sites for hydroxylation is 1. The predicted molar refractivity (Wildman–Crippen MR) is 92.7 cm³/mol. The Morgan fingerprint density at radius 2 is 1.75 bits per heavy atom. The number of anilines is 2. The van der Waals surface area contributed by atoms with Crippen LogP contribution in [0.5, 0.6) is 0 Å². The molecule has 0 bridgehead atoms. The van der Waals surface area contributed by atoms with Gasteiger partial charge in [-0.05, 0) is 30.7 Å². The molecular weight excluding hydrogens is 302 g/mol. The van der Waals surface area contributed by atoms with Gasteiger partial charge in [-0.2, -0.15) is 0 Å². The first kappa shape index (κ1) is 15.6. The summed E-state index contributed by atoms with van der Waals surface area (Å²) in [6.07, 6.45) is 4.74. The lowest BCUT2D eigenvalue weighted by molar-refractivity contribution is 0.102. The van der Waals surface area contributed by atoms with E-state index in [2.05, 4.69) is 25.6 Å². The number of aromatic nitrogens is 3. The Kier molecular flexibility index (Phi) is 4.76. The largest absolute Gasteiger partial charge is 0.349 e. The standard InChI is InChI=1S/C18H17N5O/c1-13-6-2-3-8-16(13)23-17(24)14-10-20-18(21-11-14)22-12-15-7-4-5-9-19-15/h2-11H,12H2,1H3,(H,23,24)(H,20,21,22). The number of hydrogen-bond acceptors (Lipinski definition) is 5. The highest BCUT2D eigenvalue weighted by molar-refractivity contribution is 6.04. The molecule has 120 valence electrons. The highest BCUT2D eigenvalue weighted by Gasteiger charge is 2.09. The number of rotatable bonds is 5. The highest BCUT2D eigenvalue weighted by atomic mass is 16.1. The van der Waals surface area contributed by atoms with Crippen LogP contribution in [0.2, 0.25) is 0 Å². The lowest BCUT2D eigenvalue weighted by atomic mass is 10.2. The van der Waals surface area contributed by atoms with Gasteiger partial charge in [-0.15, -0.1) is 0 Å². The molecule has 1 aromatic carbocycles. The van der Waals surface area contributed by atoms with Crippen LogP contribution in [0.4, 0.5) is 11.6 Å². The molecule has 0 saturated heterocycles. The molecule has 0 unspecified atom stereocenters. The maximum absolute atomic E-state index is 12.2. The number of amides is 1. The van der Waals surface area contributed by atoms with Crippen molar-refractivity contribution in [2.45, 2.75) is 13.5 Å². The molecule has 3 rings (SSSR count). The number of carbonyl (C=O) groups excluding carboxylic acids is 1. The molecule has 1 amide bonds. The van der Waals surface area contributed by atoms with Gasteiger partial charge in [0.25, 0.3) is 5.91 Å². The molecule has 0 fully saturated rings. The number of nitrogens with one attached hydrogen (secondary N) is 2. The Morgan fingerprint density at radius 3 is 2.46 bits per heavy atom. The van der Waals surface area contributed by atoms with Gasteiger partial charge in [0.05, 0.1) is 17.8 Å². The van der Waals surface area contributed by atoms with Gasteiger partial charge in [0.2, 0.25) is 5.95 Å². The van der Waals surface area contributed by atoms with E-state index in [1.165, 1.54) is 12.4 Å². The summed E-state index contributed by atoms with van der Waals surface area (Å²) >= 11 is 0. The Labute approximate surface area is 140 Å². The van der Waals surface area contributed by atoms with Gasteiger partial charge in [0, 0.05) is 24.3 Å².